The van der Waals surface area contributed by atoms with Crippen LogP contribution in [-0.4, -0.2) is 0 Å². The van der Waals surface area contributed by atoms with E-state index in [0.717, 1.165) is 21.9 Å². The highest BCUT2D eigenvalue weighted by Crippen LogP contribution is 2.47. The van der Waals surface area contributed by atoms with E-state index in [9.17, 15) is 11.0 Å². The first kappa shape index (κ1) is 16.6. The van der Waals surface area contributed by atoms with E-state index in [0.29, 0.717) is 21.9 Å². The van der Waals surface area contributed by atoms with Crippen LogP contribution in [0.5, 0.6) is 0 Å². The Balaban J connectivity index is 1.34. The smallest absolute Gasteiger partial charge is 0.136 e. The van der Waals surface area contributed by atoms with Crippen LogP contribution in [-0.2, 0) is 0 Å². The second-order valence-electron chi connectivity index (χ2n) is 12.5. The van der Waals surface area contributed by atoms with Gasteiger partial charge in [-0.1, -0.05) is 175 Å². The van der Waals surface area contributed by atoms with Crippen molar-refractivity contribution in [2.24, 2.45) is 0 Å². The number of benzene rings is 10. The second-order valence-corrected chi connectivity index (χ2v) is 12.5. The molecule has 0 aliphatic carbocycles. The minimum atomic E-state index is -0.872. The molecule has 0 spiro atoms. The van der Waals surface area contributed by atoms with E-state index in [1.54, 1.807) is 18.2 Å². The lowest BCUT2D eigenvalue weighted by molar-refractivity contribution is 0.669. The van der Waals surface area contributed by atoms with Crippen molar-refractivity contribution in [2.75, 3.05) is 0 Å². The van der Waals surface area contributed by atoms with E-state index in [1.165, 1.54) is 0 Å². The van der Waals surface area contributed by atoms with Crippen molar-refractivity contribution in [1.29, 1.82) is 0 Å². The zero-order valence-corrected chi connectivity index (χ0v) is 27.4. The summed E-state index contributed by atoms with van der Waals surface area (Å²) < 4.78 is 180. The third-order valence-electron chi connectivity index (χ3n) is 9.74. The summed E-state index contributed by atoms with van der Waals surface area (Å²) in [6, 6.07) is 8.99. The number of hydrogen-bond donors (Lipinski definition) is 0. The molecule has 11 rings (SSSR count). The lowest BCUT2D eigenvalue weighted by atomic mass is 9.83. The van der Waals surface area contributed by atoms with Crippen LogP contribution in [0.3, 0.4) is 0 Å². The Morgan fingerprint density at radius 1 is 0.340 bits per heavy atom. The molecule has 1 nitrogen and oxygen atoms in total. The van der Waals surface area contributed by atoms with Crippen molar-refractivity contribution in [3.05, 3.63) is 194 Å². The molecule has 0 saturated heterocycles. The monoisotopic (exact) mass is 691 g/mol. The minimum absolute atomic E-state index is 0.134. The quantitative estimate of drug-likeness (QED) is 0.167. The number of fused-ring (bicyclic) bond motifs is 7. The largest absolute Gasteiger partial charge is 0.456 e. The average Bonchev–Trinajstić information content (AvgIpc) is 3.76. The van der Waals surface area contributed by atoms with Crippen LogP contribution in [0.1, 0.15) is 26.0 Å². The van der Waals surface area contributed by atoms with Crippen molar-refractivity contribution in [3.63, 3.8) is 0 Å². The van der Waals surface area contributed by atoms with Gasteiger partial charge in [0.2, 0.25) is 0 Å². The molecule has 11 aromatic rings. The van der Waals surface area contributed by atoms with Gasteiger partial charge in [-0.3, -0.25) is 0 Å². The molecule has 0 N–H and O–H groups in total. The van der Waals surface area contributed by atoms with Crippen LogP contribution < -0.4 is 0 Å². The average molecular weight is 692 g/mol. The predicted octanol–water partition coefficient (Wildman–Crippen LogP) is 14.9. The van der Waals surface area contributed by atoms with Crippen LogP contribution in [0.2, 0.25) is 0 Å². The van der Waals surface area contributed by atoms with Gasteiger partial charge in [0, 0.05) is 10.8 Å². The molecule has 0 aliphatic heterocycles. The molecule has 0 bridgehead atoms. The van der Waals surface area contributed by atoms with E-state index in [4.69, 9.17) is 19.5 Å². The molecule has 0 unspecified atom stereocenters. The molecular weight excluding hydrogens is 641 g/mol. The van der Waals surface area contributed by atoms with Gasteiger partial charge in [0.1, 0.15) is 11.2 Å². The summed E-state index contributed by atoms with van der Waals surface area (Å²) in [5, 5.41) is 0.0226. The van der Waals surface area contributed by atoms with Gasteiger partial charge in [-0.2, -0.15) is 0 Å². The highest BCUT2D eigenvalue weighted by atomic mass is 16.3. The molecular formula is C52H32O. The minimum Gasteiger partial charge on any atom is -0.456 e. The Morgan fingerprint density at radius 2 is 0.925 bits per heavy atom. The van der Waals surface area contributed by atoms with Crippen LogP contribution in [0.15, 0.2) is 198 Å². The van der Waals surface area contributed by atoms with Crippen molar-refractivity contribution < 1.29 is 30.5 Å². The summed E-state index contributed by atoms with van der Waals surface area (Å²) >= 11 is 0. The molecule has 0 aliphatic rings. The molecule has 0 amide bonds. The summed E-state index contributed by atoms with van der Waals surface area (Å²) in [6.45, 7) is 0. The molecule has 0 fully saturated rings. The first-order valence-electron chi connectivity index (χ1n) is 26.2. The Kier molecular flexibility index (Phi) is 3.69. The van der Waals surface area contributed by atoms with Gasteiger partial charge in [-0.05, 0) is 106 Å². The summed E-state index contributed by atoms with van der Waals surface area (Å²) in [6.07, 6.45) is 0. The maximum absolute atomic E-state index is 10.00. The number of furan rings is 1. The molecule has 1 heterocycles. The zero-order valence-electron chi connectivity index (χ0n) is 46.4. The van der Waals surface area contributed by atoms with Crippen molar-refractivity contribution >= 4 is 65.0 Å². The van der Waals surface area contributed by atoms with Crippen LogP contribution >= 0.6 is 0 Å². The molecule has 1 aromatic heterocycles. The lowest BCUT2D eigenvalue weighted by Gasteiger charge is -2.19. The topological polar surface area (TPSA) is 13.1 Å². The van der Waals surface area contributed by atoms with Gasteiger partial charge in [0.25, 0.3) is 0 Å². The summed E-state index contributed by atoms with van der Waals surface area (Å²) in [5.74, 6) is 0. The summed E-state index contributed by atoms with van der Waals surface area (Å²) in [4.78, 5) is 0. The first-order chi connectivity index (χ1) is 34.2. The van der Waals surface area contributed by atoms with Gasteiger partial charge in [-0.15, -0.1) is 0 Å². The lowest BCUT2D eigenvalue weighted by Crippen LogP contribution is -1.92. The van der Waals surface area contributed by atoms with Crippen molar-refractivity contribution in [2.45, 2.75) is 0 Å². The van der Waals surface area contributed by atoms with Crippen LogP contribution in [0.25, 0.3) is 110 Å². The van der Waals surface area contributed by atoms with Gasteiger partial charge >= 0.3 is 0 Å². The number of rotatable bonds is 4. The fourth-order valence-electron chi connectivity index (χ4n) is 7.51. The fourth-order valence-corrected chi connectivity index (χ4v) is 7.51. The summed E-state index contributed by atoms with van der Waals surface area (Å²) in [5.41, 5.74) is 0.361. The molecule has 10 aromatic carbocycles. The normalized spacial score (nSPS) is 16.8. The molecule has 1 heteroatoms. The summed E-state index contributed by atoms with van der Waals surface area (Å²) in [7, 11) is 0. The molecule has 53 heavy (non-hydrogen) atoms. The maximum atomic E-state index is 10.00. The number of hydrogen-bond acceptors (Lipinski definition) is 1. The van der Waals surface area contributed by atoms with Crippen LogP contribution in [0.4, 0.5) is 0 Å². The van der Waals surface area contributed by atoms with E-state index in [1.807, 2.05) is 60.7 Å². The van der Waals surface area contributed by atoms with Gasteiger partial charge in [-0.25, -0.2) is 0 Å². The molecule has 246 valence electrons. The Bertz CT molecular complexity index is 4220. The molecule has 0 radical (unpaired) electrons. The third-order valence-corrected chi connectivity index (χ3v) is 9.74. The predicted molar refractivity (Wildman–Crippen MR) is 225 cm³/mol. The van der Waals surface area contributed by atoms with E-state index >= 15 is 0 Å². The zero-order chi connectivity index (χ0) is 51.4. The maximum Gasteiger partial charge on any atom is 0.136 e. The molecule has 0 atom stereocenters. The second kappa shape index (κ2) is 11.8. The van der Waals surface area contributed by atoms with Crippen molar-refractivity contribution in [1.82, 2.24) is 0 Å². The standard InChI is InChI=1S/C52H32O/c1-2-15-34(16-3-1)50-42-21-8-10-23-44(42)51(45-24-11-9-22-43(45)50)46-31-30-40(38-19-6-7-20-39(38)46)41-26-13-27-48-52(41)47-29-28-35(32-49(47)53-48)37-25-12-17-33-14-4-5-18-36(33)37/h1-32H/i1D,2D,3D,6D,7D,8D,9D,10D,11D,15D,16D,19D,20D,21D,22D,23D,24D,30D,31D. The highest BCUT2D eigenvalue weighted by molar-refractivity contribution is 6.25. The Labute approximate surface area is 333 Å². The van der Waals surface area contributed by atoms with E-state index < -0.39 is 164 Å². The van der Waals surface area contributed by atoms with E-state index in [-0.39, 0.29) is 16.5 Å². The van der Waals surface area contributed by atoms with E-state index in [2.05, 4.69) is 0 Å². The van der Waals surface area contributed by atoms with Crippen LogP contribution in [0, 0.1) is 0 Å². The molecule has 0 saturated carbocycles. The third kappa shape index (κ3) is 4.58. The van der Waals surface area contributed by atoms with Crippen molar-refractivity contribution in [3.8, 4) is 44.5 Å². The Morgan fingerprint density at radius 3 is 1.68 bits per heavy atom. The highest BCUT2D eigenvalue weighted by Gasteiger charge is 2.20. The SMILES string of the molecule is [2H]c1c([2H])c([2H])c(-c2c3c([2H])c([2H])c([2H])c([2H])c3c(-c3c([2H])c([2H])c(-c4cccc5oc6cc(-c7cccc8ccccc78)ccc6c45)c4c([2H])c([2H])c([2H])c([2H])c34)c3c([2H])c([2H])c([2H])c([2H])c23)c([2H])c1[2H]. The first-order valence-corrected chi connectivity index (χ1v) is 16.7. The van der Waals surface area contributed by atoms with Gasteiger partial charge in [0.15, 0.2) is 0 Å². The van der Waals surface area contributed by atoms with Gasteiger partial charge < -0.3 is 4.42 Å². The Hall–Kier alpha value is -6.96. The fraction of sp³-hybridized carbons (Fsp3) is 0. The van der Waals surface area contributed by atoms with Gasteiger partial charge in [0.05, 0.1) is 26.0 Å².